The van der Waals surface area contributed by atoms with E-state index >= 15 is 0 Å². The second-order valence-corrected chi connectivity index (χ2v) is 11.2. The van der Waals surface area contributed by atoms with Gasteiger partial charge in [-0.25, -0.2) is 0 Å². The second-order valence-electron chi connectivity index (χ2n) is 11.2. The van der Waals surface area contributed by atoms with E-state index in [1.807, 2.05) is 133 Å². The molecule has 0 saturated heterocycles. The van der Waals surface area contributed by atoms with Gasteiger partial charge >= 0.3 is 11.9 Å². The highest BCUT2D eigenvalue weighted by Crippen LogP contribution is 2.38. The lowest BCUT2D eigenvalue weighted by molar-refractivity contribution is -0.159. The Labute approximate surface area is 221 Å². The molecule has 0 bridgehead atoms. The van der Waals surface area contributed by atoms with E-state index in [0.717, 1.165) is 16.7 Å². The minimum absolute atomic E-state index is 0.0721. The number of nitrogens with one attached hydrogen (secondary N) is 1. The molecule has 3 rings (SSSR count). The first-order valence-electron chi connectivity index (χ1n) is 12.8. The maximum Gasteiger partial charge on any atom is 0.323 e. The summed E-state index contributed by atoms with van der Waals surface area (Å²) in [5.41, 5.74) is 0.750. The average molecular weight is 502 g/mol. The highest BCUT2D eigenvalue weighted by atomic mass is 16.6. The van der Waals surface area contributed by atoms with Crippen LogP contribution >= 0.6 is 0 Å². The zero-order valence-corrected chi connectivity index (χ0v) is 22.8. The molecule has 5 nitrogen and oxygen atoms in total. The molecule has 1 atom stereocenters. The lowest BCUT2D eigenvalue weighted by Crippen LogP contribution is -2.54. The number of esters is 2. The molecule has 1 N–H and O–H groups in total. The minimum Gasteiger partial charge on any atom is -0.460 e. The van der Waals surface area contributed by atoms with E-state index in [1.165, 1.54) is 0 Å². The summed E-state index contributed by atoms with van der Waals surface area (Å²) in [5, 5.41) is 3.67. The smallest absolute Gasteiger partial charge is 0.323 e. The van der Waals surface area contributed by atoms with Crippen LogP contribution in [0.2, 0.25) is 0 Å². The summed E-state index contributed by atoms with van der Waals surface area (Å²) in [4.78, 5) is 26.2. The van der Waals surface area contributed by atoms with Gasteiger partial charge in [-0.15, -0.1) is 0 Å². The number of rotatable bonds is 9. The fraction of sp³-hybridized carbons (Fsp3) is 0.375. The lowest BCUT2D eigenvalue weighted by Gasteiger charge is -2.40. The molecule has 0 radical (unpaired) electrons. The molecule has 0 unspecified atom stereocenters. The summed E-state index contributed by atoms with van der Waals surface area (Å²) < 4.78 is 11.4. The van der Waals surface area contributed by atoms with E-state index in [0.29, 0.717) is 0 Å². The standard InChI is InChI=1S/C32H39NO4/c1-30(2,3)36-28(34)23-22-27(29(35)37-31(4,5)6)33-32(24-16-10-7-11-17-24,25-18-12-8-13-19-25)26-20-14-9-15-21-26/h7-21,27,33H,22-23H2,1-6H3/t27-/m1/s1. The average Bonchev–Trinajstić information content (AvgIpc) is 2.84. The zero-order valence-electron chi connectivity index (χ0n) is 22.8. The highest BCUT2D eigenvalue weighted by molar-refractivity contribution is 5.78. The van der Waals surface area contributed by atoms with Crippen LogP contribution in [0.15, 0.2) is 91.0 Å². The molecule has 0 aliphatic carbocycles. The van der Waals surface area contributed by atoms with Crippen molar-refractivity contribution in [3.05, 3.63) is 108 Å². The first-order chi connectivity index (χ1) is 17.4. The minimum atomic E-state index is -0.876. The van der Waals surface area contributed by atoms with Crippen LogP contribution in [0.4, 0.5) is 0 Å². The van der Waals surface area contributed by atoms with Crippen molar-refractivity contribution in [1.82, 2.24) is 5.32 Å². The first-order valence-corrected chi connectivity index (χ1v) is 12.8. The topological polar surface area (TPSA) is 64.6 Å². The van der Waals surface area contributed by atoms with Gasteiger partial charge in [0.05, 0.1) is 5.54 Å². The van der Waals surface area contributed by atoms with Gasteiger partial charge in [-0.3, -0.25) is 14.9 Å². The normalized spacial score (nSPS) is 13.0. The van der Waals surface area contributed by atoms with Crippen LogP contribution in [0.5, 0.6) is 0 Å². The van der Waals surface area contributed by atoms with E-state index in [4.69, 9.17) is 9.47 Å². The number of carbonyl (C=O) groups excluding carboxylic acids is 2. The number of hydrogen-bond acceptors (Lipinski definition) is 5. The summed E-state index contributed by atoms with van der Waals surface area (Å²) in [6.45, 7) is 11.0. The molecule has 0 amide bonds. The molecule has 5 heteroatoms. The maximum absolute atomic E-state index is 13.6. The molecule has 0 spiro atoms. The molecule has 0 heterocycles. The van der Waals surface area contributed by atoms with Crippen LogP contribution in [0.3, 0.4) is 0 Å². The molecule has 0 fully saturated rings. The Morgan fingerprint density at radius 1 is 0.649 bits per heavy atom. The van der Waals surface area contributed by atoms with Crippen LogP contribution in [0.25, 0.3) is 0 Å². The zero-order chi connectivity index (χ0) is 27.1. The van der Waals surface area contributed by atoms with Crippen molar-refractivity contribution >= 4 is 11.9 Å². The van der Waals surface area contributed by atoms with Crippen LogP contribution in [-0.2, 0) is 24.6 Å². The fourth-order valence-corrected chi connectivity index (χ4v) is 4.35. The van der Waals surface area contributed by atoms with Gasteiger partial charge in [0.1, 0.15) is 17.2 Å². The summed E-state index contributed by atoms with van der Waals surface area (Å²) in [6.07, 6.45) is 0.292. The number of benzene rings is 3. The van der Waals surface area contributed by atoms with Gasteiger partial charge in [0.2, 0.25) is 0 Å². The third-order valence-electron chi connectivity index (χ3n) is 5.76. The summed E-state index contributed by atoms with van der Waals surface area (Å²) >= 11 is 0. The largest absolute Gasteiger partial charge is 0.460 e. The van der Waals surface area contributed by atoms with Crippen molar-refractivity contribution in [3.63, 3.8) is 0 Å². The summed E-state index contributed by atoms with van der Waals surface area (Å²) in [5.74, 6) is -0.768. The molecule has 0 aromatic heterocycles. The molecule has 196 valence electrons. The highest BCUT2D eigenvalue weighted by Gasteiger charge is 2.41. The molecule has 0 aliphatic heterocycles. The molecule has 3 aromatic carbocycles. The predicted octanol–water partition coefficient (Wildman–Crippen LogP) is 6.40. The van der Waals surface area contributed by atoms with Crippen molar-refractivity contribution < 1.29 is 19.1 Å². The Morgan fingerprint density at radius 2 is 1.03 bits per heavy atom. The van der Waals surface area contributed by atoms with Gasteiger partial charge in [-0.05, 0) is 64.7 Å². The third kappa shape index (κ3) is 7.77. The van der Waals surface area contributed by atoms with Gasteiger partial charge in [-0.1, -0.05) is 91.0 Å². The number of ether oxygens (including phenoxy) is 2. The third-order valence-corrected chi connectivity index (χ3v) is 5.76. The second kappa shape index (κ2) is 11.7. The summed E-state index contributed by atoms with van der Waals surface area (Å²) in [6, 6.07) is 29.3. The van der Waals surface area contributed by atoms with Crippen molar-refractivity contribution in [2.75, 3.05) is 0 Å². The lowest BCUT2D eigenvalue weighted by atomic mass is 9.76. The predicted molar refractivity (Wildman–Crippen MR) is 147 cm³/mol. The van der Waals surface area contributed by atoms with Gasteiger partial charge < -0.3 is 9.47 Å². The molecular weight excluding hydrogens is 462 g/mol. The molecule has 3 aromatic rings. The quantitative estimate of drug-likeness (QED) is 0.271. The maximum atomic E-state index is 13.6. The van der Waals surface area contributed by atoms with E-state index in [9.17, 15) is 9.59 Å². The summed E-state index contributed by atoms with van der Waals surface area (Å²) in [7, 11) is 0. The molecule has 0 aliphatic rings. The van der Waals surface area contributed by atoms with Gasteiger partial charge in [0, 0.05) is 6.42 Å². The Hall–Kier alpha value is -3.44. The van der Waals surface area contributed by atoms with Crippen LogP contribution < -0.4 is 5.32 Å². The number of hydrogen-bond donors (Lipinski definition) is 1. The SMILES string of the molecule is CC(C)(C)OC(=O)CC[C@@H](NC(c1ccccc1)(c1ccccc1)c1ccccc1)C(=O)OC(C)(C)C. The van der Waals surface area contributed by atoms with E-state index in [1.54, 1.807) is 0 Å². The van der Waals surface area contributed by atoms with Gasteiger partial charge in [0.15, 0.2) is 0 Å². The van der Waals surface area contributed by atoms with Crippen molar-refractivity contribution in [1.29, 1.82) is 0 Å². The Kier molecular flexibility index (Phi) is 8.93. The number of carbonyl (C=O) groups is 2. The molecular formula is C32H39NO4. The van der Waals surface area contributed by atoms with Crippen LogP contribution in [0, 0.1) is 0 Å². The first kappa shape index (κ1) is 28.1. The Bertz CT molecular complexity index is 1050. The Balaban J connectivity index is 2.13. The van der Waals surface area contributed by atoms with Crippen molar-refractivity contribution in [2.45, 2.75) is 77.2 Å². The van der Waals surface area contributed by atoms with Crippen LogP contribution in [0.1, 0.15) is 71.1 Å². The van der Waals surface area contributed by atoms with Gasteiger partial charge in [-0.2, -0.15) is 0 Å². The monoisotopic (exact) mass is 501 g/mol. The fourth-order valence-electron chi connectivity index (χ4n) is 4.35. The van der Waals surface area contributed by atoms with E-state index < -0.39 is 28.8 Å². The van der Waals surface area contributed by atoms with Crippen molar-refractivity contribution in [3.8, 4) is 0 Å². The Morgan fingerprint density at radius 3 is 1.38 bits per heavy atom. The van der Waals surface area contributed by atoms with Crippen molar-refractivity contribution in [2.24, 2.45) is 0 Å². The van der Waals surface area contributed by atoms with E-state index in [-0.39, 0.29) is 18.8 Å². The molecule has 0 saturated carbocycles. The molecule has 37 heavy (non-hydrogen) atoms. The van der Waals surface area contributed by atoms with Gasteiger partial charge in [0.25, 0.3) is 0 Å². The van der Waals surface area contributed by atoms with Crippen LogP contribution in [-0.4, -0.2) is 29.2 Å². The van der Waals surface area contributed by atoms with E-state index in [2.05, 4.69) is 5.32 Å².